The lowest BCUT2D eigenvalue weighted by Crippen LogP contribution is -2.24. The molecule has 1 aromatic carbocycles. The Hall–Kier alpha value is -3.87. The van der Waals surface area contributed by atoms with Crippen LogP contribution in [0.1, 0.15) is 16.2 Å². The third kappa shape index (κ3) is 3.87. The lowest BCUT2D eigenvalue weighted by molar-refractivity contribution is 0.0944. The van der Waals surface area contributed by atoms with E-state index in [1.165, 1.54) is 0 Å². The fourth-order valence-electron chi connectivity index (χ4n) is 2.63. The standard InChI is InChI=1S/C20H16N6O/c27-20(23-13-15-7-1-2-11-21-15)17-9-10-18(26-25-17)24-16-8-3-5-14-6-4-12-22-19(14)16/h1-12H,13H2,(H,23,27)(H,24,26). The Bertz CT molecular complexity index is 1060. The molecule has 7 nitrogen and oxygen atoms in total. The van der Waals surface area contributed by atoms with Crippen LogP contribution in [0.25, 0.3) is 10.9 Å². The van der Waals surface area contributed by atoms with E-state index in [2.05, 4.69) is 30.8 Å². The first-order chi connectivity index (χ1) is 13.3. The molecule has 0 aliphatic carbocycles. The summed E-state index contributed by atoms with van der Waals surface area (Å²) in [5.41, 5.74) is 2.70. The van der Waals surface area contributed by atoms with Gasteiger partial charge in [0.1, 0.15) is 0 Å². The van der Waals surface area contributed by atoms with Crippen LogP contribution in [-0.4, -0.2) is 26.1 Å². The fraction of sp³-hybridized carbons (Fsp3) is 0.0500. The summed E-state index contributed by atoms with van der Waals surface area (Å²) < 4.78 is 0. The number of aromatic nitrogens is 4. The Morgan fingerprint density at radius 3 is 2.56 bits per heavy atom. The molecule has 7 heteroatoms. The van der Waals surface area contributed by atoms with Crippen LogP contribution in [0.4, 0.5) is 11.5 Å². The molecule has 0 atom stereocenters. The van der Waals surface area contributed by atoms with Gasteiger partial charge in [-0.1, -0.05) is 24.3 Å². The second kappa shape index (κ2) is 7.57. The largest absolute Gasteiger partial charge is 0.345 e. The molecule has 0 spiro atoms. The van der Waals surface area contributed by atoms with Gasteiger partial charge >= 0.3 is 0 Å². The predicted octanol–water partition coefficient (Wildman–Crippen LogP) is 3.09. The average molecular weight is 356 g/mol. The molecule has 0 fully saturated rings. The minimum absolute atomic E-state index is 0.243. The molecular formula is C20H16N6O. The maximum atomic E-state index is 12.2. The number of rotatable bonds is 5. The molecule has 0 saturated carbocycles. The monoisotopic (exact) mass is 356 g/mol. The van der Waals surface area contributed by atoms with Crippen molar-refractivity contribution in [1.29, 1.82) is 0 Å². The van der Waals surface area contributed by atoms with Crippen LogP contribution in [0.5, 0.6) is 0 Å². The molecule has 132 valence electrons. The summed E-state index contributed by atoms with van der Waals surface area (Å²) in [5, 5.41) is 15.1. The molecule has 3 aromatic heterocycles. The van der Waals surface area contributed by atoms with Gasteiger partial charge in [-0.2, -0.15) is 0 Å². The average Bonchev–Trinajstić information content (AvgIpc) is 2.74. The maximum absolute atomic E-state index is 12.2. The van der Waals surface area contributed by atoms with Crippen molar-refractivity contribution in [3.63, 3.8) is 0 Å². The summed E-state index contributed by atoms with van der Waals surface area (Å²) in [7, 11) is 0. The second-order valence-electron chi connectivity index (χ2n) is 5.81. The van der Waals surface area contributed by atoms with Crippen LogP contribution in [0.3, 0.4) is 0 Å². The molecule has 3 heterocycles. The molecular weight excluding hydrogens is 340 g/mol. The van der Waals surface area contributed by atoms with Gasteiger partial charge < -0.3 is 10.6 Å². The molecule has 0 aliphatic heterocycles. The number of nitrogens with one attached hydrogen (secondary N) is 2. The van der Waals surface area contributed by atoms with Crippen molar-refractivity contribution in [2.45, 2.75) is 6.54 Å². The lowest BCUT2D eigenvalue weighted by atomic mass is 10.2. The zero-order chi connectivity index (χ0) is 18.5. The third-order valence-corrected chi connectivity index (χ3v) is 3.95. The Morgan fingerprint density at radius 2 is 1.74 bits per heavy atom. The van der Waals surface area contributed by atoms with E-state index in [-0.39, 0.29) is 11.6 Å². The summed E-state index contributed by atoms with van der Waals surface area (Å²) in [5.74, 6) is 0.237. The highest BCUT2D eigenvalue weighted by molar-refractivity contribution is 5.93. The Labute approximate surface area is 155 Å². The van der Waals surface area contributed by atoms with Gasteiger partial charge in [0.25, 0.3) is 5.91 Å². The maximum Gasteiger partial charge on any atom is 0.272 e. The fourth-order valence-corrected chi connectivity index (χ4v) is 2.63. The van der Waals surface area contributed by atoms with E-state index >= 15 is 0 Å². The quantitative estimate of drug-likeness (QED) is 0.571. The van der Waals surface area contributed by atoms with Gasteiger partial charge in [-0.05, 0) is 36.4 Å². The number of hydrogen-bond acceptors (Lipinski definition) is 6. The number of carbonyl (C=O) groups is 1. The number of nitrogens with zero attached hydrogens (tertiary/aromatic N) is 4. The van der Waals surface area contributed by atoms with Crippen LogP contribution in [0, 0.1) is 0 Å². The first-order valence-electron chi connectivity index (χ1n) is 8.42. The van der Waals surface area contributed by atoms with E-state index < -0.39 is 0 Å². The van der Waals surface area contributed by atoms with Gasteiger partial charge in [0.2, 0.25) is 0 Å². The number of fused-ring (bicyclic) bond motifs is 1. The highest BCUT2D eigenvalue weighted by atomic mass is 16.1. The van der Waals surface area contributed by atoms with Crippen molar-refractivity contribution in [3.05, 3.63) is 84.4 Å². The highest BCUT2D eigenvalue weighted by Crippen LogP contribution is 2.23. The van der Waals surface area contributed by atoms with E-state index in [1.54, 1.807) is 24.5 Å². The summed E-state index contributed by atoms with van der Waals surface area (Å²) in [6.07, 6.45) is 3.43. The summed E-state index contributed by atoms with van der Waals surface area (Å²) in [4.78, 5) is 20.7. The Morgan fingerprint density at radius 1 is 0.852 bits per heavy atom. The number of para-hydroxylation sites is 1. The predicted molar refractivity (Wildman–Crippen MR) is 102 cm³/mol. The number of amides is 1. The molecule has 2 N–H and O–H groups in total. The van der Waals surface area contributed by atoms with Crippen LogP contribution >= 0.6 is 0 Å². The molecule has 4 rings (SSSR count). The lowest BCUT2D eigenvalue weighted by Gasteiger charge is -2.08. The van der Waals surface area contributed by atoms with Gasteiger partial charge in [-0.3, -0.25) is 14.8 Å². The van der Waals surface area contributed by atoms with Gasteiger partial charge in [-0.15, -0.1) is 10.2 Å². The smallest absolute Gasteiger partial charge is 0.272 e. The first kappa shape index (κ1) is 16.6. The summed E-state index contributed by atoms with van der Waals surface area (Å²) >= 11 is 0. The van der Waals surface area contributed by atoms with Crippen molar-refractivity contribution < 1.29 is 4.79 Å². The van der Waals surface area contributed by atoms with E-state index in [0.29, 0.717) is 12.4 Å². The number of hydrogen-bond donors (Lipinski definition) is 2. The number of anilines is 2. The van der Waals surface area contributed by atoms with E-state index in [4.69, 9.17) is 0 Å². The highest BCUT2D eigenvalue weighted by Gasteiger charge is 2.09. The normalized spacial score (nSPS) is 10.5. The minimum atomic E-state index is -0.300. The minimum Gasteiger partial charge on any atom is -0.345 e. The van der Waals surface area contributed by atoms with Crippen LogP contribution in [0.2, 0.25) is 0 Å². The molecule has 0 unspecified atom stereocenters. The van der Waals surface area contributed by atoms with E-state index in [1.807, 2.05) is 48.5 Å². The molecule has 4 aromatic rings. The Kier molecular flexibility index (Phi) is 4.65. The van der Waals surface area contributed by atoms with E-state index in [0.717, 1.165) is 22.3 Å². The molecule has 0 bridgehead atoms. The van der Waals surface area contributed by atoms with Crippen molar-refractivity contribution >= 4 is 28.3 Å². The first-order valence-corrected chi connectivity index (χ1v) is 8.42. The van der Waals surface area contributed by atoms with Gasteiger partial charge in [0.05, 0.1) is 23.4 Å². The molecule has 27 heavy (non-hydrogen) atoms. The van der Waals surface area contributed by atoms with Gasteiger partial charge in [-0.25, -0.2) is 0 Å². The van der Waals surface area contributed by atoms with Gasteiger partial charge in [0, 0.05) is 17.8 Å². The van der Waals surface area contributed by atoms with Gasteiger partial charge in [0.15, 0.2) is 11.5 Å². The Balaban J connectivity index is 1.45. The summed E-state index contributed by atoms with van der Waals surface area (Å²) in [6, 6.07) is 18.6. The van der Waals surface area contributed by atoms with Crippen molar-refractivity contribution in [3.8, 4) is 0 Å². The topological polar surface area (TPSA) is 92.7 Å². The van der Waals surface area contributed by atoms with Crippen molar-refractivity contribution in [2.75, 3.05) is 5.32 Å². The summed E-state index contributed by atoms with van der Waals surface area (Å²) in [6.45, 7) is 0.336. The zero-order valence-corrected chi connectivity index (χ0v) is 14.3. The second-order valence-corrected chi connectivity index (χ2v) is 5.81. The number of carbonyl (C=O) groups excluding carboxylic acids is 1. The molecule has 0 saturated heterocycles. The van der Waals surface area contributed by atoms with Crippen molar-refractivity contribution in [1.82, 2.24) is 25.5 Å². The third-order valence-electron chi connectivity index (χ3n) is 3.95. The molecule has 1 amide bonds. The van der Waals surface area contributed by atoms with Crippen LogP contribution < -0.4 is 10.6 Å². The van der Waals surface area contributed by atoms with Crippen molar-refractivity contribution in [2.24, 2.45) is 0 Å². The molecule has 0 aliphatic rings. The van der Waals surface area contributed by atoms with Crippen LogP contribution in [-0.2, 0) is 6.54 Å². The molecule has 0 radical (unpaired) electrons. The SMILES string of the molecule is O=C(NCc1ccccn1)c1ccc(Nc2cccc3cccnc23)nn1. The van der Waals surface area contributed by atoms with Crippen LogP contribution in [0.15, 0.2) is 73.1 Å². The zero-order valence-electron chi connectivity index (χ0n) is 14.3. The van der Waals surface area contributed by atoms with E-state index in [9.17, 15) is 4.79 Å². The number of pyridine rings is 2. The number of benzene rings is 1.